The normalized spacial score (nSPS) is 26.4. The van der Waals surface area contributed by atoms with Crippen molar-refractivity contribution < 1.29 is 9.59 Å². The highest BCUT2D eigenvalue weighted by molar-refractivity contribution is 5.89. The van der Waals surface area contributed by atoms with Gasteiger partial charge in [-0.1, -0.05) is 24.5 Å². The molecule has 0 radical (unpaired) electrons. The van der Waals surface area contributed by atoms with Crippen LogP contribution in [0, 0.1) is 5.92 Å². The second-order valence-corrected chi connectivity index (χ2v) is 7.03. The largest absolute Gasteiger partial charge is 0.355 e. The summed E-state index contributed by atoms with van der Waals surface area (Å²) in [6.07, 6.45) is 13.4. The predicted molar refractivity (Wildman–Crippen MR) is 86.3 cm³/mol. The van der Waals surface area contributed by atoms with Crippen LogP contribution in [0.25, 0.3) is 0 Å². The summed E-state index contributed by atoms with van der Waals surface area (Å²) >= 11 is 0. The van der Waals surface area contributed by atoms with Gasteiger partial charge in [-0.25, -0.2) is 0 Å². The lowest BCUT2D eigenvalue weighted by atomic mass is 9.97. The molecule has 0 bridgehead atoms. The molecular formula is C18H28N2O2. The monoisotopic (exact) mass is 304 g/mol. The quantitative estimate of drug-likeness (QED) is 0.794. The van der Waals surface area contributed by atoms with Crippen LogP contribution in [-0.2, 0) is 9.59 Å². The topological polar surface area (TPSA) is 49.4 Å². The first-order chi connectivity index (χ1) is 10.7. The van der Waals surface area contributed by atoms with Gasteiger partial charge in [0.1, 0.15) is 0 Å². The minimum atomic E-state index is -0.131. The summed E-state index contributed by atoms with van der Waals surface area (Å²) in [4.78, 5) is 26.4. The fourth-order valence-electron chi connectivity index (χ4n) is 4.10. The van der Waals surface area contributed by atoms with E-state index in [9.17, 15) is 9.59 Å². The molecule has 122 valence electrons. The zero-order valence-corrected chi connectivity index (χ0v) is 13.5. The van der Waals surface area contributed by atoms with E-state index in [1.807, 2.05) is 4.90 Å². The number of carbonyl (C=O) groups is 2. The smallest absolute Gasteiger partial charge is 0.225 e. The van der Waals surface area contributed by atoms with Gasteiger partial charge in [0.2, 0.25) is 11.8 Å². The Morgan fingerprint density at radius 2 is 2.05 bits per heavy atom. The predicted octanol–water partition coefficient (Wildman–Crippen LogP) is 2.78. The lowest BCUT2D eigenvalue weighted by Gasteiger charge is -2.23. The van der Waals surface area contributed by atoms with E-state index in [-0.39, 0.29) is 17.7 Å². The number of nitrogens with one attached hydrogen (secondary N) is 1. The highest BCUT2D eigenvalue weighted by Crippen LogP contribution is 2.29. The van der Waals surface area contributed by atoms with E-state index >= 15 is 0 Å². The molecule has 1 aliphatic heterocycles. The lowest BCUT2D eigenvalue weighted by molar-refractivity contribution is -0.130. The molecule has 1 unspecified atom stereocenters. The van der Waals surface area contributed by atoms with Crippen LogP contribution in [-0.4, -0.2) is 35.8 Å². The minimum Gasteiger partial charge on any atom is -0.355 e. The van der Waals surface area contributed by atoms with Crippen LogP contribution < -0.4 is 5.32 Å². The Labute approximate surface area is 133 Å². The maximum Gasteiger partial charge on any atom is 0.225 e. The van der Waals surface area contributed by atoms with Crippen LogP contribution in [0.4, 0.5) is 0 Å². The average molecular weight is 304 g/mol. The molecule has 1 saturated heterocycles. The summed E-state index contributed by atoms with van der Waals surface area (Å²) < 4.78 is 0. The molecule has 0 aromatic rings. The van der Waals surface area contributed by atoms with Crippen LogP contribution in [0.3, 0.4) is 0 Å². The number of nitrogens with zero attached hydrogens (tertiary/aromatic N) is 1. The summed E-state index contributed by atoms with van der Waals surface area (Å²) in [5.74, 6) is 0.126. The van der Waals surface area contributed by atoms with Crippen molar-refractivity contribution in [2.75, 3.05) is 13.1 Å². The molecule has 1 saturated carbocycles. The fourth-order valence-corrected chi connectivity index (χ4v) is 4.10. The second-order valence-electron chi connectivity index (χ2n) is 7.03. The van der Waals surface area contributed by atoms with Gasteiger partial charge in [-0.05, 0) is 44.9 Å². The van der Waals surface area contributed by atoms with E-state index in [2.05, 4.69) is 11.4 Å². The van der Waals surface area contributed by atoms with E-state index in [4.69, 9.17) is 0 Å². The lowest BCUT2D eigenvalue weighted by Crippen LogP contribution is -2.37. The molecule has 1 heterocycles. The number of allylic oxidation sites excluding steroid dienone is 1. The van der Waals surface area contributed by atoms with Gasteiger partial charge in [-0.15, -0.1) is 0 Å². The first-order valence-electron chi connectivity index (χ1n) is 8.99. The molecule has 0 spiro atoms. The zero-order valence-electron chi connectivity index (χ0n) is 13.5. The third-order valence-corrected chi connectivity index (χ3v) is 5.43. The molecule has 4 heteroatoms. The average Bonchev–Trinajstić information content (AvgIpc) is 3.17. The highest BCUT2D eigenvalue weighted by Gasteiger charge is 2.38. The third kappa shape index (κ3) is 3.71. The van der Waals surface area contributed by atoms with Crippen molar-refractivity contribution >= 4 is 11.8 Å². The Balaban J connectivity index is 1.42. The van der Waals surface area contributed by atoms with Crippen molar-refractivity contribution in [1.29, 1.82) is 0 Å². The highest BCUT2D eigenvalue weighted by atomic mass is 16.2. The molecular weight excluding hydrogens is 276 g/mol. The molecule has 2 amide bonds. The van der Waals surface area contributed by atoms with E-state index in [0.29, 0.717) is 19.0 Å². The Kier molecular flexibility index (Phi) is 5.16. The third-order valence-electron chi connectivity index (χ3n) is 5.43. The molecule has 0 aromatic carbocycles. The van der Waals surface area contributed by atoms with E-state index < -0.39 is 0 Å². The minimum absolute atomic E-state index is 0.0743. The molecule has 22 heavy (non-hydrogen) atoms. The van der Waals surface area contributed by atoms with Gasteiger partial charge >= 0.3 is 0 Å². The summed E-state index contributed by atoms with van der Waals surface area (Å²) in [5.41, 5.74) is 1.49. The van der Waals surface area contributed by atoms with Crippen LogP contribution in [0.5, 0.6) is 0 Å². The van der Waals surface area contributed by atoms with Gasteiger partial charge in [-0.3, -0.25) is 9.59 Å². The van der Waals surface area contributed by atoms with Crippen molar-refractivity contribution in [2.24, 2.45) is 5.92 Å². The Morgan fingerprint density at radius 1 is 1.23 bits per heavy atom. The van der Waals surface area contributed by atoms with Gasteiger partial charge < -0.3 is 10.2 Å². The molecule has 3 rings (SSSR count). The van der Waals surface area contributed by atoms with Gasteiger partial charge in [-0.2, -0.15) is 0 Å². The number of amides is 2. The first kappa shape index (κ1) is 15.6. The van der Waals surface area contributed by atoms with Crippen LogP contribution in [0.1, 0.15) is 64.2 Å². The fraction of sp³-hybridized carbons (Fsp3) is 0.778. The Morgan fingerprint density at radius 3 is 2.77 bits per heavy atom. The zero-order chi connectivity index (χ0) is 15.4. The van der Waals surface area contributed by atoms with Crippen molar-refractivity contribution in [3.05, 3.63) is 11.6 Å². The van der Waals surface area contributed by atoms with E-state index in [1.54, 1.807) is 0 Å². The van der Waals surface area contributed by atoms with Gasteiger partial charge in [0.15, 0.2) is 0 Å². The molecule has 4 nitrogen and oxygen atoms in total. The molecule has 2 aliphatic carbocycles. The van der Waals surface area contributed by atoms with Crippen LogP contribution in [0.15, 0.2) is 11.6 Å². The van der Waals surface area contributed by atoms with E-state index in [1.165, 1.54) is 44.1 Å². The maximum atomic E-state index is 12.3. The molecule has 1 N–H and O–H groups in total. The molecule has 0 aromatic heterocycles. The molecule has 3 aliphatic rings. The summed E-state index contributed by atoms with van der Waals surface area (Å²) in [5, 5.41) is 3.04. The van der Waals surface area contributed by atoms with Gasteiger partial charge in [0.25, 0.3) is 0 Å². The summed E-state index contributed by atoms with van der Waals surface area (Å²) in [6.45, 7) is 1.36. The number of hydrogen-bond acceptors (Lipinski definition) is 2. The molecule has 2 fully saturated rings. The van der Waals surface area contributed by atoms with Crippen LogP contribution in [0.2, 0.25) is 0 Å². The second kappa shape index (κ2) is 7.30. The maximum absolute atomic E-state index is 12.3. The van der Waals surface area contributed by atoms with Crippen molar-refractivity contribution in [1.82, 2.24) is 10.2 Å². The van der Waals surface area contributed by atoms with Crippen molar-refractivity contribution in [2.45, 2.75) is 70.3 Å². The summed E-state index contributed by atoms with van der Waals surface area (Å²) in [7, 11) is 0. The number of likely N-dealkylation sites (tertiary alicyclic amines) is 1. The van der Waals surface area contributed by atoms with Crippen molar-refractivity contribution in [3.8, 4) is 0 Å². The van der Waals surface area contributed by atoms with Crippen molar-refractivity contribution in [3.63, 3.8) is 0 Å². The Hall–Kier alpha value is -1.32. The van der Waals surface area contributed by atoms with E-state index in [0.717, 1.165) is 25.8 Å². The Bertz CT molecular complexity index is 452. The SMILES string of the molecule is O=C(NCCC1=CCCCC1)C1CC(=O)N(C2CCCC2)C1. The van der Waals surface area contributed by atoms with Crippen LogP contribution >= 0.6 is 0 Å². The number of hydrogen-bond donors (Lipinski definition) is 1. The van der Waals surface area contributed by atoms with Gasteiger partial charge in [0.05, 0.1) is 5.92 Å². The molecule has 1 atom stereocenters. The summed E-state index contributed by atoms with van der Waals surface area (Å²) in [6, 6.07) is 0.401. The number of carbonyl (C=O) groups excluding carboxylic acids is 2. The first-order valence-corrected chi connectivity index (χ1v) is 8.99. The van der Waals surface area contributed by atoms with Gasteiger partial charge in [0, 0.05) is 25.6 Å². The standard InChI is InChI=1S/C18H28N2O2/c21-17-12-15(13-20(17)16-8-4-5-9-16)18(22)19-11-10-14-6-2-1-3-7-14/h6,15-16H,1-5,7-13H2,(H,19,22). The number of rotatable bonds is 5.